The molecule has 1 aliphatic rings. The maximum atomic E-state index is 3.76. The summed E-state index contributed by atoms with van der Waals surface area (Å²) in [6.07, 6.45) is 14.1. The van der Waals surface area contributed by atoms with Gasteiger partial charge in [-0.05, 0) is 58.8 Å². The second-order valence-corrected chi connectivity index (χ2v) is 6.86. The van der Waals surface area contributed by atoms with E-state index in [1.165, 1.54) is 83.8 Å². The van der Waals surface area contributed by atoms with Crippen molar-refractivity contribution >= 4 is 0 Å². The summed E-state index contributed by atoms with van der Waals surface area (Å²) in [4.78, 5) is 2.46. The van der Waals surface area contributed by atoms with Crippen molar-refractivity contribution in [1.82, 2.24) is 10.2 Å². The van der Waals surface area contributed by atoms with E-state index in [4.69, 9.17) is 0 Å². The Labute approximate surface area is 127 Å². The molecule has 1 N–H and O–H groups in total. The third kappa shape index (κ3) is 8.26. The van der Waals surface area contributed by atoms with Crippen LogP contribution in [0.2, 0.25) is 0 Å². The standard InChI is InChI=1S/C18H38N2/c1-4-5-6-7-8-9-10-11-14-19-17(2)18-12-15-20(3)16-13-18/h17-19H,4-16H2,1-3H3. The highest BCUT2D eigenvalue weighted by Gasteiger charge is 2.21. The van der Waals surface area contributed by atoms with Gasteiger partial charge < -0.3 is 10.2 Å². The van der Waals surface area contributed by atoms with E-state index in [9.17, 15) is 0 Å². The van der Waals surface area contributed by atoms with Gasteiger partial charge in [-0.2, -0.15) is 0 Å². The fraction of sp³-hybridized carbons (Fsp3) is 1.00. The molecule has 1 rings (SSSR count). The topological polar surface area (TPSA) is 15.3 Å². The molecule has 1 fully saturated rings. The minimum atomic E-state index is 0.716. The van der Waals surface area contributed by atoms with Gasteiger partial charge >= 0.3 is 0 Å². The highest BCUT2D eigenvalue weighted by atomic mass is 15.1. The van der Waals surface area contributed by atoms with E-state index in [2.05, 4.69) is 31.1 Å². The largest absolute Gasteiger partial charge is 0.314 e. The molecule has 0 saturated carbocycles. The lowest BCUT2D eigenvalue weighted by atomic mass is 9.90. The molecule has 0 aromatic heterocycles. The molecule has 1 saturated heterocycles. The Morgan fingerprint density at radius 2 is 1.50 bits per heavy atom. The van der Waals surface area contributed by atoms with Gasteiger partial charge in [0.2, 0.25) is 0 Å². The highest BCUT2D eigenvalue weighted by molar-refractivity contribution is 4.78. The van der Waals surface area contributed by atoms with Crippen LogP contribution in [0.5, 0.6) is 0 Å². The van der Waals surface area contributed by atoms with Crippen molar-refractivity contribution in [3.63, 3.8) is 0 Å². The molecule has 1 unspecified atom stereocenters. The lowest BCUT2D eigenvalue weighted by Crippen LogP contribution is -2.40. The maximum Gasteiger partial charge on any atom is 0.00679 e. The highest BCUT2D eigenvalue weighted by Crippen LogP contribution is 2.19. The summed E-state index contributed by atoms with van der Waals surface area (Å²) in [7, 11) is 2.24. The van der Waals surface area contributed by atoms with E-state index in [0.29, 0.717) is 6.04 Å². The second-order valence-electron chi connectivity index (χ2n) is 6.86. The van der Waals surface area contributed by atoms with Crippen LogP contribution in [0.3, 0.4) is 0 Å². The van der Waals surface area contributed by atoms with Gasteiger partial charge in [-0.15, -0.1) is 0 Å². The molecule has 0 spiro atoms. The monoisotopic (exact) mass is 282 g/mol. The van der Waals surface area contributed by atoms with E-state index >= 15 is 0 Å². The van der Waals surface area contributed by atoms with Crippen molar-refractivity contribution in [2.24, 2.45) is 5.92 Å². The minimum Gasteiger partial charge on any atom is -0.314 e. The Hall–Kier alpha value is -0.0800. The Morgan fingerprint density at radius 3 is 2.10 bits per heavy atom. The molecule has 120 valence electrons. The minimum absolute atomic E-state index is 0.716. The summed E-state index contributed by atoms with van der Waals surface area (Å²) < 4.78 is 0. The number of rotatable bonds is 11. The van der Waals surface area contributed by atoms with Crippen molar-refractivity contribution in [3.8, 4) is 0 Å². The van der Waals surface area contributed by atoms with Crippen LogP contribution in [-0.2, 0) is 0 Å². The van der Waals surface area contributed by atoms with Gasteiger partial charge in [-0.25, -0.2) is 0 Å². The van der Waals surface area contributed by atoms with E-state index in [1.54, 1.807) is 0 Å². The van der Waals surface area contributed by atoms with Crippen LogP contribution in [0.25, 0.3) is 0 Å². The molecule has 2 heteroatoms. The molecule has 2 nitrogen and oxygen atoms in total. The average molecular weight is 283 g/mol. The number of piperidine rings is 1. The molecule has 1 atom stereocenters. The zero-order chi connectivity index (χ0) is 14.6. The smallest absolute Gasteiger partial charge is 0.00679 e. The summed E-state index contributed by atoms with van der Waals surface area (Å²) in [5, 5.41) is 3.76. The van der Waals surface area contributed by atoms with Gasteiger partial charge in [0.05, 0.1) is 0 Å². The summed E-state index contributed by atoms with van der Waals surface area (Å²) in [6.45, 7) is 8.48. The Kier molecular flexibility index (Phi) is 10.4. The van der Waals surface area contributed by atoms with Crippen molar-refractivity contribution in [1.29, 1.82) is 0 Å². The van der Waals surface area contributed by atoms with E-state index in [1.807, 2.05) is 0 Å². The molecular weight excluding hydrogens is 244 g/mol. The molecule has 0 radical (unpaired) electrons. The SMILES string of the molecule is CCCCCCCCCCNC(C)C1CCN(C)CC1. The van der Waals surface area contributed by atoms with E-state index in [0.717, 1.165) is 5.92 Å². The number of likely N-dealkylation sites (tertiary alicyclic amines) is 1. The van der Waals surface area contributed by atoms with Crippen LogP contribution in [-0.4, -0.2) is 37.6 Å². The molecule has 0 aromatic carbocycles. The van der Waals surface area contributed by atoms with Crippen LogP contribution in [0, 0.1) is 5.92 Å². The third-order valence-electron chi connectivity index (χ3n) is 4.97. The first kappa shape index (κ1) is 18.0. The summed E-state index contributed by atoms with van der Waals surface area (Å²) in [6, 6.07) is 0.716. The normalized spacial score (nSPS) is 19.4. The van der Waals surface area contributed by atoms with Crippen LogP contribution in [0.15, 0.2) is 0 Å². The van der Waals surface area contributed by atoms with Gasteiger partial charge in [0.1, 0.15) is 0 Å². The summed E-state index contributed by atoms with van der Waals surface area (Å²) in [5.74, 6) is 0.903. The number of unbranched alkanes of at least 4 members (excludes halogenated alkanes) is 7. The predicted molar refractivity (Wildman–Crippen MR) is 90.3 cm³/mol. The van der Waals surface area contributed by atoms with Gasteiger partial charge in [0, 0.05) is 6.04 Å². The average Bonchev–Trinajstić information content (AvgIpc) is 2.46. The van der Waals surface area contributed by atoms with Gasteiger partial charge in [-0.3, -0.25) is 0 Å². The molecule has 0 aliphatic carbocycles. The second kappa shape index (κ2) is 11.6. The van der Waals surface area contributed by atoms with Gasteiger partial charge in [0.15, 0.2) is 0 Å². The summed E-state index contributed by atoms with van der Waals surface area (Å²) >= 11 is 0. The van der Waals surface area contributed by atoms with E-state index in [-0.39, 0.29) is 0 Å². The van der Waals surface area contributed by atoms with Crippen LogP contribution < -0.4 is 5.32 Å². The lowest BCUT2D eigenvalue weighted by molar-refractivity contribution is 0.190. The third-order valence-corrected chi connectivity index (χ3v) is 4.97. The van der Waals surface area contributed by atoms with Crippen molar-refractivity contribution in [2.75, 3.05) is 26.7 Å². The fourth-order valence-corrected chi connectivity index (χ4v) is 3.28. The Balaban J connectivity index is 1.88. The predicted octanol–water partition coefficient (Wildman–Crippen LogP) is 4.45. The van der Waals surface area contributed by atoms with Gasteiger partial charge in [0.25, 0.3) is 0 Å². The van der Waals surface area contributed by atoms with Crippen molar-refractivity contribution in [2.45, 2.75) is 84.1 Å². The quantitative estimate of drug-likeness (QED) is 0.563. The van der Waals surface area contributed by atoms with Crippen LogP contribution in [0.4, 0.5) is 0 Å². The first-order valence-corrected chi connectivity index (χ1v) is 9.16. The molecule has 20 heavy (non-hydrogen) atoms. The maximum absolute atomic E-state index is 3.76. The molecule has 0 aromatic rings. The summed E-state index contributed by atoms with van der Waals surface area (Å²) in [5.41, 5.74) is 0. The molecule has 0 amide bonds. The van der Waals surface area contributed by atoms with Crippen molar-refractivity contribution in [3.05, 3.63) is 0 Å². The molecular formula is C18H38N2. The Morgan fingerprint density at radius 1 is 0.950 bits per heavy atom. The van der Waals surface area contributed by atoms with Crippen LogP contribution in [0.1, 0.15) is 78.1 Å². The Bertz CT molecular complexity index is 209. The molecule has 0 bridgehead atoms. The van der Waals surface area contributed by atoms with E-state index < -0.39 is 0 Å². The number of nitrogens with one attached hydrogen (secondary N) is 1. The molecule has 1 heterocycles. The first-order chi connectivity index (χ1) is 9.74. The number of hydrogen-bond acceptors (Lipinski definition) is 2. The van der Waals surface area contributed by atoms with Gasteiger partial charge in [-0.1, -0.05) is 51.9 Å². The van der Waals surface area contributed by atoms with Crippen LogP contribution >= 0.6 is 0 Å². The number of nitrogens with zero attached hydrogens (tertiary/aromatic N) is 1. The lowest BCUT2D eigenvalue weighted by Gasteiger charge is -2.33. The fourth-order valence-electron chi connectivity index (χ4n) is 3.28. The van der Waals surface area contributed by atoms with Crippen molar-refractivity contribution < 1.29 is 0 Å². The zero-order valence-electron chi connectivity index (χ0n) is 14.3. The zero-order valence-corrected chi connectivity index (χ0v) is 14.3. The number of hydrogen-bond donors (Lipinski definition) is 1. The molecule has 1 aliphatic heterocycles. The first-order valence-electron chi connectivity index (χ1n) is 9.16.